The maximum absolute atomic E-state index is 8.33. The van der Waals surface area contributed by atoms with Crippen LogP contribution in [-0.2, 0) is 0 Å². The van der Waals surface area contributed by atoms with E-state index in [1.54, 1.807) is 6.07 Å². The predicted molar refractivity (Wildman–Crippen MR) is 53.3 cm³/mol. The van der Waals surface area contributed by atoms with E-state index in [1.165, 1.54) is 0 Å². The van der Waals surface area contributed by atoms with Crippen molar-refractivity contribution in [1.82, 2.24) is 0 Å². The molecule has 0 aliphatic heterocycles. The van der Waals surface area contributed by atoms with Crippen molar-refractivity contribution in [2.24, 2.45) is 5.16 Å². The first-order valence-electron chi connectivity index (χ1n) is 2.87. The quantitative estimate of drug-likeness (QED) is 0.365. The third kappa shape index (κ3) is 2.34. The molecule has 0 fully saturated rings. The SMILES string of the molecule is ON=C(Cl)c1cccc(I)c1. The lowest BCUT2D eigenvalue weighted by Gasteiger charge is -1.95. The van der Waals surface area contributed by atoms with Crippen LogP contribution in [0.15, 0.2) is 29.4 Å². The van der Waals surface area contributed by atoms with Gasteiger partial charge in [0.1, 0.15) is 0 Å². The zero-order valence-electron chi connectivity index (χ0n) is 5.46. The summed E-state index contributed by atoms with van der Waals surface area (Å²) in [5, 5.41) is 11.3. The molecule has 58 valence electrons. The van der Waals surface area contributed by atoms with E-state index in [-0.39, 0.29) is 5.17 Å². The van der Waals surface area contributed by atoms with Crippen LogP contribution in [0.25, 0.3) is 0 Å². The molecule has 0 heterocycles. The van der Waals surface area contributed by atoms with Crippen LogP contribution in [0.2, 0.25) is 0 Å². The first-order valence-corrected chi connectivity index (χ1v) is 4.33. The molecule has 11 heavy (non-hydrogen) atoms. The molecule has 0 unspecified atom stereocenters. The average Bonchev–Trinajstić information content (AvgIpc) is 2.03. The van der Waals surface area contributed by atoms with Crippen molar-refractivity contribution >= 4 is 39.4 Å². The minimum atomic E-state index is 0.114. The fourth-order valence-corrected chi connectivity index (χ4v) is 1.34. The van der Waals surface area contributed by atoms with Gasteiger partial charge in [-0.25, -0.2) is 0 Å². The van der Waals surface area contributed by atoms with Crippen molar-refractivity contribution in [3.8, 4) is 0 Å². The average molecular weight is 281 g/mol. The van der Waals surface area contributed by atoms with Crippen molar-refractivity contribution in [2.45, 2.75) is 0 Å². The number of rotatable bonds is 1. The maximum Gasteiger partial charge on any atom is 0.175 e. The van der Waals surface area contributed by atoms with Crippen LogP contribution < -0.4 is 0 Å². The summed E-state index contributed by atoms with van der Waals surface area (Å²) in [6.07, 6.45) is 0. The molecule has 1 N–H and O–H groups in total. The summed E-state index contributed by atoms with van der Waals surface area (Å²) in [7, 11) is 0. The molecule has 0 radical (unpaired) electrons. The Morgan fingerprint density at radius 2 is 2.27 bits per heavy atom. The van der Waals surface area contributed by atoms with Gasteiger partial charge in [0.2, 0.25) is 0 Å². The predicted octanol–water partition coefficient (Wildman–Crippen LogP) is 2.67. The fraction of sp³-hybridized carbons (Fsp3) is 0. The molecule has 0 spiro atoms. The van der Waals surface area contributed by atoms with Gasteiger partial charge in [-0.15, -0.1) is 0 Å². The molecule has 0 aromatic heterocycles. The second-order valence-corrected chi connectivity index (χ2v) is 3.50. The van der Waals surface area contributed by atoms with E-state index in [9.17, 15) is 0 Å². The van der Waals surface area contributed by atoms with Crippen molar-refractivity contribution in [2.75, 3.05) is 0 Å². The van der Waals surface area contributed by atoms with Crippen LogP contribution in [0.3, 0.4) is 0 Å². The molecule has 2 nitrogen and oxygen atoms in total. The lowest BCUT2D eigenvalue weighted by Crippen LogP contribution is -1.90. The van der Waals surface area contributed by atoms with Crippen LogP contribution in [0, 0.1) is 3.57 Å². The van der Waals surface area contributed by atoms with Gasteiger partial charge < -0.3 is 5.21 Å². The lowest BCUT2D eigenvalue weighted by molar-refractivity contribution is 0.321. The molecule has 1 rings (SSSR count). The summed E-state index contributed by atoms with van der Waals surface area (Å²) in [6, 6.07) is 7.41. The van der Waals surface area contributed by atoms with Gasteiger partial charge in [-0.05, 0) is 34.7 Å². The highest BCUT2D eigenvalue weighted by molar-refractivity contribution is 14.1. The Morgan fingerprint density at radius 1 is 1.55 bits per heavy atom. The molecule has 1 aromatic carbocycles. The minimum absolute atomic E-state index is 0.114. The van der Waals surface area contributed by atoms with Crippen molar-refractivity contribution in [1.29, 1.82) is 0 Å². The zero-order chi connectivity index (χ0) is 8.27. The highest BCUT2D eigenvalue weighted by atomic mass is 127. The smallest absolute Gasteiger partial charge is 0.175 e. The van der Waals surface area contributed by atoms with Crippen molar-refractivity contribution in [3.63, 3.8) is 0 Å². The summed E-state index contributed by atoms with van der Waals surface area (Å²) < 4.78 is 1.06. The summed E-state index contributed by atoms with van der Waals surface area (Å²) in [5.74, 6) is 0. The molecule has 1 aromatic rings. The Labute approximate surface area is 83.0 Å². The molecule has 0 saturated carbocycles. The highest BCUT2D eigenvalue weighted by Gasteiger charge is 1.98. The number of oxime groups is 1. The lowest BCUT2D eigenvalue weighted by atomic mass is 10.2. The summed E-state index contributed by atoms with van der Waals surface area (Å²) in [5.41, 5.74) is 0.723. The van der Waals surface area contributed by atoms with Crippen LogP contribution in [0.5, 0.6) is 0 Å². The number of hydrogen-bond acceptors (Lipinski definition) is 2. The second-order valence-electron chi connectivity index (χ2n) is 1.90. The van der Waals surface area contributed by atoms with Gasteiger partial charge >= 0.3 is 0 Å². The van der Waals surface area contributed by atoms with E-state index < -0.39 is 0 Å². The number of benzene rings is 1. The monoisotopic (exact) mass is 281 g/mol. The van der Waals surface area contributed by atoms with Gasteiger partial charge in [-0.3, -0.25) is 0 Å². The van der Waals surface area contributed by atoms with E-state index in [0.29, 0.717) is 0 Å². The first kappa shape index (κ1) is 8.80. The van der Waals surface area contributed by atoms with E-state index in [2.05, 4.69) is 27.7 Å². The molecule has 0 amide bonds. The van der Waals surface area contributed by atoms with Crippen LogP contribution in [-0.4, -0.2) is 10.4 Å². The number of nitrogens with zero attached hydrogens (tertiary/aromatic N) is 1. The normalized spacial score (nSPS) is 11.6. The van der Waals surface area contributed by atoms with E-state index in [4.69, 9.17) is 16.8 Å². The first-order chi connectivity index (χ1) is 5.24. The Bertz CT molecular complexity index is 288. The molecular weight excluding hydrogens is 276 g/mol. The van der Waals surface area contributed by atoms with Gasteiger partial charge in [0, 0.05) is 9.13 Å². The van der Waals surface area contributed by atoms with Gasteiger partial charge in [0.15, 0.2) is 5.17 Å². The number of hydrogen-bond donors (Lipinski definition) is 1. The molecule has 0 aliphatic carbocycles. The second kappa shape index (κ2) is 3.92. The van der Waals surface area contributed by atoms with E-state index in [1.807, 2.05) is 18.2 Å². The van der Waals surface area contributed by atoms with Gasteiger partial charge in [0.05, 0.1) is 0 Å². The fourth-order valence-electron chi connectivity index (χ4n) is 0.675. The highest BCUT2D eigenvalue weighted by Crippen LogP contribution is 2.10. The molecule has 4 heteroatoms. The van der Waals surface area contributed by atoms with Gasteiger partial charge in [0.25, 0.3) is 0 Å². The third-order valence-corrected chi connectivity index (χ3v) is 2.12. The van der Waals surface area contributed by atoms with Gasteiger partial charge in [-0.2, -0.15) is 0 Å². The minimum Gasteiger partial charge on any atom is -0.410 e. The topological polar surface area (TPSA) is 32.6 Å². The largest absolute Gasteiger partial charge is 0.410 e. The molecule has 0 bridgehead atoms. The Hall–Kier alpha value is -0.290. The third-order valence-electron chi connectivity index (χ3n) is 1.15. The van der Waals surface area contributed by atoms with Crippen molar-refractivity contribution < 1.29 is 5.21 Å². The van der Waals surface area contributed by atoms with Gasteiger partial charge in [-0.1, -0.05) is 28.9 Å². The molecular formula is C7H5ClINO. The Morgan fingerprint density at radius 3 is 2.82 bits per heavy atom. The maximum atomic E-state index is 8.33. The van der Waals surface area contributed by atoms with Crippen molar-refractivity contribution in [3.05, 3.63) is 33.4 Å². The standard InChI is InChI=1S/C7H5ClINO/c8-7(10-11)5-2-1-3-6(9)4-5/h1-4,11H. The summed E-state index contributed by atoms with van der Waals surface area (Å²) in [4.78, 5) is 0. The summed E-state index contributed by atoms with van der Waals surface area (Å²) in [6.45, 7) is 0. The van der Waals surface area contributed by atoms with E-state index >= 15 is 0 Å². The molecule has 0 aliphatic rings. The zero-order valence-corrected chi connectivity index (χ0v) is 8.37. The molecule has 0 atom stereocenters. The summed E-state index contributed by atoms with van der Waals surface area (Å²) >= 11 is 7.72. The Balaban J connectivity index is 3.06. The number of halogens is 2. The van der Waals surface area contributed by atoms with Crippen LogP contribution in [0.1, 0.15) is 5.56 Å². The van der Waals surface area contributed by atoms with Crippen LogP contribution >= 0.6 is 34.2 Å². The Kier molecular flexibility index (Phi) is 3.14. The van der Waals surface area contributed by atoms with Crippen LogP contribution in [0.4, 0.5) is 0 Å². The molecule has 0 saturated heterocycles. The van der Waals surface area contributed by atoms with E-state index in [0.717, 1.165) is 9.13 Å².